The van der Waals surface area contributed by atoms with Gasteiger partial charge < -0.3 is 10.6 Å². The van der Waals surface area contributed by atoms with Crippen molar-refractivity contribution in [1.29, 1.82) is 0 Å². The van der Waals surface area contributed by atoms with Gasteiger partial charge in [-0.15, -0.1) is 0 Å². The van der Waals surface area contributed by atoms with Gasteiger partial charge in [0.1, 0.15) is 5.69 Å². The Morgan fingerprint density at radius 3 is 2.58 bits per heavy atom. The summed E-state index contributed by atoms with van der Waals surface area (Å²) in [5, 5.41) is 16.3. The molecule has 1 aromatic rings. The van der Waals surface area contributed by atoms with Gasteiger partial charge in [0.2, 0.25) is 5.91 Å². The summed E-state index contributed by atoms with van der Waals surface area (Å²) < 4.78 is 37.8. The highest BCUT2D eigenvalue weighted by atomic mass is 19.4. The van der Waals surface area contributed by atoms with Crippen molar-refractivity contribution in [3.05, 3.63) is 33.9 Å². The molecule has 0 spiro atoms. The lowest BCUT2D eigenvalue weighted by atomic mass is 10.1. The molecule has 24 heavy (non-hydrogen) atoms. The van der Waals surface area contributed by atoms with E-state index < -0.39 is 22.4 Å². The van der Waals surface area contributed by atoms with Crippen LogP contribution in [0.4, 0.5) is 24.5 Å². The number of nitrogens with zero attached hydrogens (tertiary/aromatic N) is 1. The number of nitro benzene ring substituents is 1. The first-order valence-corrected chi connectivity index (χ1v) is 7.54. The standard InChI is InChI=1S/C15H20F3N3O3/c1-3-4-10(2)20-14(22)7-8-19-12-6-5-11(15(16,17)18)9-13(12)21(23)24/h5-6,9-10,19H,3-4,7-8H2,1-2H3,(H,20,22). The van der Waals surface area contributed by atoms with E-state index >= 15 is 0 Å². The van der Waals surface area contributed by atoms with Crippen LogP contribution >= 0.6 is 0 Å². The molecule has 0 saturated heterocycles. The van der Waals surface area contributed by atoms with Gasteiger partial charge in [-0.25, -0.2) is 0 Å². The molecule has 0 aromatic heterocycles. The Kier molecular flexibility index (Phi) is 6.99. The second-order valence-corrected chi connectivity index (χ2v) is 5.42. The van der Waals surface area contributed by atoms with E-state index in [2.05, 4.69) is 10.6 Å². The number of rotatable bonds is 8. The number of halogens is 3. The fourth-order valence-corrected chi connectivity index (χ4v) is 2.17. The molecule has 134 valence electrons. The first kappa shape index (κ1) is 19.7. The third-order valence-corrected chi connectivity index (χ3v) is 3.32. The van der Waals surface area contributed by atoms with E-state index in [0.717, 1.165) is 25.0 Å². The normalized spacial score (nSPS) is 12.5. The summed E-state index contributed by atoms with van der Waals surface area (Å²) in [5.41, 5.74) is -1.82. The van der Waals surface area contributed by atoms with Gasteiger partial charge in [-0.05, 0) is 25.5 Å². The van der Waals surface area contributed by atoms with E-state index in [1.807, 2.05) is 13.8 Å². The first-order chi connectivity index (χ1) is 11.1. The average molecular weight is 347 g/mol. The molecule has 1 aromatic carbocycles. The quantitative estimate of drug-likeness (QED) is 0.554. The summed E-state index contributed by atoms with van der Waals surface area (Å²) in [5.74, 6) is -0.224. The number of hydrogen-bond donors (Lipinski definition) is 2. The van der Waals surface area contributed by atoms with Crippen molar-refractivity contribution in [1.82, 2.24) is 5.32 Å². The number of nitro groups is 1. The summed E-state index contributed by atoms with van der Waals surface area (Å²) in [4.78, 5) is 21.7. The Labute approximate surface area is 137 Å². The fraction of sp³-hybridized carbons (Fsp3) is 0.533. The summed E-state index contributed by atoms with van der Waals surface area (Å²) in [6.45, 7) is 3.94. The molecule has 2 N–H and O–H groups in total. The molecule has 0 aliphatic rings. The summed E-state index contributed by atoms with van der Waals surface area (Å²) in [7, 11) is 0. The molecular formula is C15H20F3N3O3. The first-order valence-electron chi connectivity index (χ1n) is 7.54. The minimum absolute atomic E-state index is 0.0305. The zero-order valence-corrected chi connectivity index (χ0v) is 13.4. The van der Waals surface area contributed by atoms with E-state index in [4.69, 9.17) is 0 Å². The average Bonchev–Trinajstić information content (AvgIpc) is 2.46. The maximum Gasteiger partial charge on any atom is 0.416 e. The van der Waals surface area contributed by atoms with E-state index in [1.54, 1.807) is 0 Å². The van der Waals surface area contributed by atoms with Crippen LogP contribution in [0.15, 0.2) is 18.2 Å². The molecule has 0 aliphatic carbocycles. The van der Waals surface area contributed by atoms with Gasteiger partial charge in [-0.1, -0.05) is 13.3 Å². The predicted molar refractivity (Wildman–Crippen MR) is 83.7 cm³/mol. The molecule has 0 saturated carbocycles. The van der Waals surface area contributed by atoms with Crippen LogP contribution in [0, 0.1) is 10.1 Å². The molecule has 6 nitrogen and oxygen atoms in total. The Bertz CT molecular complexity index is 591. The lowest BCUT2D eigenvalue weighted by Crippen LogP contribution is -2.33. The van der Waals surface area contributed by atoms with Crippen molar-refractivity contribution in [3.8, 4) is 0 Å². The number of nitrogens with one attached hydrogen (secondary N) is 2. The van der Waals surface area contributed by atoms with Gasteiger partial charge in [0.05, 0.1) is 10.5 Å². The van der Waals surface area contributed by atoms with E-state index in [9.17, 15) is 28.1 Å². The molecular weight excluding hydrogens is 327 g/mol. The maximum absolute atomic E-state index is 12.6. The van der Waals surface area contributed by atoms with Crippen LogP contribution in [0.25, 0.3) is 0 Å². The van der Waals surface area contributed by atoms with Crippen LogP contribution in [0.3, 0.4) is 0 Å². The number of amides is 1. The topological polar surface area (TPSA) is 84.3 Å². The summed E-state index contributed by atoms with van der Waals surface area (Å²) in [6, 6.07) is 2.27. The number of hydrogen-bond acceptors (Lipinski definition) is 4. The summed E-state index contributed by atoms with van der Waals surface area (Å²) >= 11 is 0. The minimum Gasteiger partial charge on any atom is -0.379 e. The van der Waals surface area contributed by atoms with Gasteiger partial charge >= 0.3 is 6.18 Å². The molecule has 1 atom stereocenters. The SMILES string of the molecule is CCCC(C)NC(=O)CCNc1ccc(C(F)(F)F)cc1[N+](=O)[O-]. The van der Waals surface area contributed by atoms with Crippen LogP contribution < -0.4 is 10.6 Å². The zero-order chi connectivity index (χ0) is 18.3. The molecule has 0 aliphatic heterocycles. The van der Waals surface area contributed by atoms with Crippen molar-refractivity contribution in [3.63, 3.8) is 0 Å². The predicted octanol–water partition coefficient (Wildman–Crippen LogP) is 3.72. The molecule has 0 radical (unpaired) electrons. The van der Waals surface area contributed by atoms with Gasteiger partial charge in [0, 0.05) is 25.1 Å². The van der Waals surface area contributed by atoms with E-state index in [-0.39, 0.29) is 30.6 Å². The molecule has 0 fully saturated rings. The van der Waals surface area contributed by atoms with Crippen LogP contribution in [0.2, 0.25) is 0 Å². The second-order valence-electron chi connectivity index (χ2n) is 5.42. The number of benzene rings is 1. The van der Waals surface area contributed by atoms with Gasteiger partial charge in [0.25, 0.3) is 5.69 Å². The highest BCUT2D eigenvalue weighted by Crippen LogP contribution is 2.34. The second kappa shape index (κ2) is 8.51. The Hall–Kier alpha value is -2.32. The zero-order valence-electron chi connectivity index (χ0n) is 13.4. The molecule has 1 rings (SSSR count). The van der Waals surface area contributed by atoms with Crippen molar-refractivity contribution >= 4 is 17.3 Å². The molecule has 1 unspecified atom stereocenters. The monoisotopic (exact) mass is 347 g/mol. The Balaban J connectivity index is 2.68. The molecule has 1 amide bonds. The third-order valence-electron chi connectivity index (χ3n) is 3.32. The van der Waals surface area contributed by atoms with Crippen LogP contribution in [0.5, 0.6) is 0 Å². The van der Waals surface area contributed by atoms with Crippen molar-refractivity contribution in [2.45, 2.75) is 45.3 Å². The van der Waals surface area contributed by atoms with E-state index in [1.165, 1.54) is 0 Å². The van der Waals surface area contributed by atoms with Crippen molar-refractivity contribution < 1.29 is 22.9 Å². The lowest BCUT2D eigenvalue weighted by molar-refractivity contribution is -0.384. The smallest absolute Gasteiger partial charge is 0.379 e. The fourth-order valence-electron chi connectivity index (χ4n) is 2.17. The highest BCUT2D eigenvalue weighted by Gasteiger charge is 2.33. The number of carbonyl (C=O) groups is 1. The van der Waals surface area contributed by atoms with Crippen molar-refractivity contribution in [2.75, 3.05) is 11.9 Å². The number of alkyl halides is 3. The molecule has 9 heteroatoms. The maximum atomic E-state index is 12.6. The van der Waals surface area contributed by atoms with Crippen LogP contribution in [0.1, 0.15) is 38.7 Å². The minimum atomic E-state index is -4.65. The number of anilines is 1. The van der Waals surface area contributed by atoms with Gasteiger partial charge in [0.15, 0.2) is 0 Å². The Morgan fingerprint density at radius 1 is 1.38 bits per heavy atom. The lowest BCUT2D eigenvalue weighted by Gasteiger charge is -2.13. The number of carbonyl (C=O) groups excluding carboxylic acids is 1. The van der Waals surface area contributed by atoms with Crippen LogP contribution in [-0.4, -0.2) is 23.4 Å². The van der Waals surface area contributed by atoms with Crippen molar-refractivity contribution in [2.24, 2.45) is 0 Å². The Morgan fingerprint density at radius 2 is 2.04 bits per heavy atom. The highest BCUT2D eigenvalue weighted by molar-refractivity contribution is 5.77. The van der Waals surface area contributed by atoms with Gasteiger partial charge in [-0.2, -0.15) is 13.2 Å². The van der Waals surface area contributed by atoms with E-state index in [0.29, 0.717) is 6.07 Å². The molecule has 0 heterocycles. The van der Waals surface area contributed by atoms with Gasteiger partial charge in [-0.3, -0.25) is 14.9 Å². The summed E-state index contributed by atoms with van der Waals surface area (Å²) in [6.07, 6.45) is -2.83. The largest absolute Gasteiger partial charge is 0.416 e. The third kappa shape index (κ3) is 6.05. The van der Waals surface area contributed by atoms with Crippen LogP contribution in [-0.2, 0) is 11.0 Å². The molecule has 0 bridgehead atoms.